The molecule has 12 nitrogen and oxygen atoms in total. The first-order valence-corrected chi connectivity index (χ1v) is 15.5. The molecule has 0 aliphatic rings. The van der Waals surface area contributed by atoms with E-state index in [2.05, 4.69) is 56.7 Å². The summed E-state index contributed by atoms with van der Waals surface area (Å²) in [6.07, 6.45) is 9.99. The maximum absolute atomic E-state index is 9.06. The number of rotatable bonds is 4. The normalized spacial score (nSPS) is 11.0. The molecule has 0 fully saturated rings. The second-order valence-corrected chi connectivity index (χ2v) is 11.5. The van der Waals surface area contributed by atoms with Gasteiger partial charge in [0.25, 0.3) is 0 Å². The smallest absolute Gasteiger partial charge is 0.157 e. The van der Waals surface area contributed by atoms with Gasteiger partial charge in [-0.25, -0.2) is 19.9 Å². The van der Waals surface area contributed by atoms with Crippen molar-refractivity contribution in [3.8, 4) is 28.8 Å². The molecule has 0 unspecified atom stereocenters. The molecule has 0 aliphatic carbocycles. The van der Waals surface area contributed by atoms with Gasteiger partial charge in [-0.05, 0) is 42.5 Å². The molecule has 6 aromatic heterocycles. The van der Waals surface area contributed by atoms with Gasteiger partial charge in [0, 0.05) is 68.2 Å². The molecule has 0 spiro atoms. The van der Waals surface area contributed by atoms with E-state index in [0.717, 1.165) is 54.5 Å². The predicted molar refractivity (Wildman–Crippen MR) is 189 cm³/mol. The molecule has 9 aromatic rings. The Morgan fingerprint density at radius 3 is 1.86 bits per heavy atom. The molecule has 0 amide bonds. The van der Waals surface area contributed by atoms with Crippen LogP contribution in [0.15, 0.2) is 104 Å². The molecule has 0 saturated carbocycles. The number of hydrogen-bond acceptors (Lipinski definition) is 10. The highest BCUT2D eigenvalue weighted by atomic mass is 35.5. The van der Waals surface area contributed by atoms with E-state index in [-0.39, 0.29) is 0 Å². The number of fused-ring (bicyclic) bond motifs is 6. The molecule has 0 aliphatic heterocycles. The van der Waals surface area contributed by atoms with Crippen LogP contribution in [0.4, 0.5) is 11.5 Å². The molecule has 0 saturated heterocycles. The van der Waals surface area contributed by atoms with Crippen LogP contribution < -0.4 is 5.32 Å². The Kier molecular flexibility index (Phi) is 7.65. The van der Waals surface area contributed by atoms with Crippen LogP contribution in [-0.4, -0.2) is 50.3 Å². The topological polar surface area (TPSA) is 171 Å². The van der Waals surface area contributed by atoms with Crippen molar-refractivity contribution < 1.29 is 0 Å². The summed E-state index contributed by atoms with van der Waals surface area (Å²) in [6, 6.07) is 22.8. The fraction of sp³-hybridized carbons (Fsp3) is 0. The first-order valence-electron chi connectivity index (χ1n) is 14.8. The van der Waals surface area contributed by atoms with Crippen molar-refractivity contribution in [3.63, 3.8) is 0 Å². The van der Waals surface area contributed by atoms with E-state index in [1.807, 2.05) is 54.7 Å². The molecule has 14 heteroatoms. The number of aromatic nitrogens is 10. The second-order valence-electron chi connectivity index (χ2n) is 10.7. The van der Waals surface area contributed by atoms with E-state index >= 15 is 0 Å². The zero-order chi connectivity index (χ0) is 33.3. The summed E-state index contributed by atoms with van der Waals surface area (Å²) in [5.41, 5.74) is 4.40. The number of halogens is 2. The molecular weight excluding hydrogens is 659 g/mol. The summed E-state index contributed by atoms with van der Waals surface area (Å²) >= 11 is 12.6. The fourth-order valence-corrected chi connectivity index (χ4v) is 6.14. The lowest BCUT2D eigenvalue weighted by Gasteiger charge is -2.14. The van der Waals surface area contributed by atoms with Crippen molar-refractivity contribution in [2.45, 2.75) is 0 Å². The van der Waals surface area contributed by atoms with Gasteiger partial charge in [0.1, 0.15) is 23.6 Å². The standard InChI is InChI=1S/C21H12ClN7.C14H8ClN5/c22-17-8-12(9-23)4-5-18(17)27-21-14-6-7-24-10-16(14)13-2-1-3-15(19(13)28-21)20-25-11-26-29-20;15-13-9-4-5-16-6-11(9)8-2-1-3-10(12(8)19-13)14-17-7-18-20-14/h1-8,10-11H,(H,27,28)(H,25,26,29);1-7H,(H,17,18,20). The molecule has 49 heavy (non-hydrogen) atoms. The zero-order valence-corrected chi connectivity index (χ0v) is 26.6. The van der Waals surface area contributed by atoms with Crippen LogP contribution in [0.3, 0.4) is 0 Å². The maximum atomic E-state index is 9.06. The van der Waals surface area contributed by atoms with Gasteiger partial charge in [0.2, 0.25) is 0 Å². The van der Waals surface area contributed by atoms with Crippen LogP contribution >= 0.6 is 23.2 Å². The van der Waals surface area contributed by atoms with Crippen molar-refractivity contribution in [1.82, 2.24) is 50.3 Å². The van der Waals surface area contributed by atoms with E-state index < -0.39 is 0 Å². The lowest BCUT2D eigenvalue weighted by atomic mass is 10.0. The van der Waals surface area contributed by atoms with E-state index in [4.69, 9.17) is 33.4 Å². The molecule has 3 N–H and O–H groups in total. The Morgan fingerprint density at radius 2 is 1.27 bits per heavy atom. The van der Waals surface area contributed by atoms with Crippen LogP contribution in [0.5, 0.6) is 0 Å². The van der Waals surface area contributed by atoms with Gasteiger partial charge in [-0.3, -0.25) is 20.2 Å². The third kappa shape index (κ3) is 5.48. The summed E-state index contributed by atoms with van der Waals surface area (Å²) in [6.45, 7) is 0. The Morgan fingerprint density at radius 1 is 0.653 bits per heavy atom. The fourth-order valence-electron chi connectivity index (χ4n) is 5.66. The Balaban J connectivity index is 0.000000152. The summed E-state index contributed by atoms with van der Waals surface area (Å²) in [5.74, 6) is 1.93. The number of anilines is 2. The van der Waals surface area contributed by atoms with Gasteiger partial charge < -0.3 is 5.32 Å². The third-order valence-electron chi connectivity index (χ3n) is 7.90. The number of nitrogens with zero attached hydrogens (tertiary/aromatic N) is 9. The summed E-state index contributed by atoms with van der Waals surface area (Å²) in [5, 5.41) is 32.5. The van der Waals surface area contributed by atoms with Crippen LogP contribution in [-0.2, 0) is 0 Å². The predicted octanol–water partition coefficient (Wildman–Crippen LogP) is 8.06. The minimum absolute atomic E-state index is 0.441. The third-order valence-corrected chi connectivity index (χ3v) is 8.50. The summed E-state index contributed by atoms with van der Waals surface area (Å²) in [4.78, 5) is 26.3. The molecule has 3 aromatic carbocycles. The zero-order valence-electron chi connectivity index (χ0n) is 25.1. The molecule has 0 radical (unpaired) electrons. The Bertz CT molecular complexity index is 2690. The second kappa shape index (κ2) is 12.6. The highest BCUT2D eigenvalue weighted by Gasteiger charge is 2.15. The number of aromatic amines is 2. The summed E-state index contributed by atoms with van der Waals surface area (Å²) in [7, 11) is 0. The molecule has 0 atom stereocenters. The number of nitrogens with one attached hydrogen (secondary N) is 3. The van der Waals surface area contributed by atoms with Gasteiger partial charge in [0.15, 0.2) is 11.6 Å². The van der Waals surface area contributed by atoms with E-state index in [0.29, 0.717) is 38.9 Å². The van der Waals surface area contributed by atoms with Crippen molar-refractivity contribution >= 4 is 78.1 Å². The van der Waals surface area contributed by atoms with Crippen molar-refractivity contribution in [1.29, 1.82) is 5.26 Å². The number of H-pyrrole nitrogens is 2. The van der Waals surface area contributed by atoms with Gasteiger partial charge in [-0.15, -0.1) is 0 Å². The lowest BCUT2D eigenvalue weighted by molar-refractivity contribution is 1.10. The number of benzene rings is 3. The van der Waals surface area contributed by atoms with Crippen LogP contribution in [0, 0.1) is 11.3 Å². The first-order chi connectivity index (χ1) is 24.1. The lowest BCUT2D eigenvalue weighted by Crippen LogP contribution is -1.98. The Labute approximate surface area is 286 Å². The van der Waals surface area contributed by atoms with Gasteiger partial charge in [-0.1, -0.05) is 47.5 Å². The molecule has 234 valence electrons. The average Bonchev–Trinajstić information content (AvgIpc) is 3.89. The largest absolute Gasteiger partial charge is 0.338 e. The molecule has 0 bridgehead atoms. The highest BCUT2D eigenvalue weighted by molar-refractivity contribution is 6.36. The molecule has 6 heterocycles. The Hall–Kier alpha value is -6.55. The quantitative estimate of drug-likeness (QED) is 0.122. The number of hydrogen-bond donors (Lipinski definition) is 3. The summed E-state index contributed by atoms with van der Waals surface area (Å²) < 4.78 is 0. The van der Waals surface area contributed by atoms with E-state index in [1.165, 1.54) is 12.7 Å². The minimum atomic E-state index is 0.441. The van der Waals surface area contributed by atoms with Gasteiger partial charge in [-0.2, -0.15) is 15.5 Å². The average molecular weight is 680 g/mol. The first kappa shape index (κ1) is 29.8. The van der Waals surface area contributed by atoms with Crippen molar-refractivity contribution in [3.05, 3.63) is 120 Å². The van der Waals surface area contributed by atoms with Crippen LogP contribution in [0.25, 0.3) is 66.1 Å². The highest BCUT2D eigenvalue weighted by Crippen LogP contribution is 2.36. The maximum Gasteiger partial charge on any atom is 0.157 e. The van der Waals surface area contributed by atoms with E-state index in [9.17, 15) is 0 Å². The number of pyridine rings is 4. The van der Waals surface area contributed by atoms with Gasteiger partial charge >= 0.3 is 0 Å². The van der Waals surface area contributed by atoms with Crippen LogP contribution in [0.1, 0.15) is 5.56 Å². The van der Waals surface area contributed by atoms with E-state index in [1.54, 1.807) is 36.8 Å². The van der Waals surface area contributed by atoms with Gasteiger partial charge in [0.05, 0.1) is 33.4 Å². The number of nitriles is 1. The van der Waals surface area contributed by atoms with Crippen LogP contribution in [0.2, 0.25) is 10.2 Å². The monoisotopic (exact) mass is 678 g/mol. The SMILES string of the molecule is Clc1nc2c(-c3ncn[nH]3)cccc2c2cnccc12.N#Cc1ccc(Nc2nc3c(-c4ncn[nH]4)cccc3c3cnccc23)c(Cl)c1. The van der Waals surface area contributed by atoms with Crippen molar-refractivity contribution in [2.24, 2.45) is 0 Å². The van der Waals surface area contributed by atoms with Crippen molar-refractivity contribution in [2.75, 3.05) is 5.32 Å². The number of para-hydroxylation sites is 2. The molecule has 9 rings (SSSR count). The minimum Gasteiger partial charge on any atom is -0.338 e. The molecular formula is C35H20Cl2N12.